The number of benzene rings is 3. The topological polar surface area (TPSA) is 84.5 Å². The highest BCUT2D eigenvalue weighted by molar-refractivity contribution is 8.00. The first-order chi connectivity index (χ1) is 19.4. The molecule has 0 bridgehead atoms. The smallest absolute Gasteiger partial charge is 0.341 e. The number of thioether (sulfide) groups is 1. The van der Waals surface area contributed by atoms with Crippen LogP contribution in [0.4, 0.5) is 10.7 Å². The van der Waals surface area contributed by atoms with E-state index >= 15 is 0 Å². The average Bonchev–Trinajstić information content (AvgIpc) is 3.37. The number of thiophene rings is 1. The molecule has 1 aromatic heterocycles. The van der Waals surface area contributed by atoms with Crippen LogP contribution in [0.5, 0.6) is 0 Å². The average molecular weight is 593 g/mol. The van der Waals surface area contributed by atoms with Crippen LogP contribution in [-0.2, 0) is 20.7 Å². The number of nitrogens with one attached hydrogen (secondary N) is 2. The van der Waals surface area contributed by atoms with Crippen LogP contribution in [-0.4, -0.2) is 29.6 Å². The fraction of sp³-hybridized carbons (Fsp3) is 0.194. The summed E-state index contributed by atoms with van der Waals surface area (Å²) in [6.45, 7) is 3.92. The molecule has 0 saturated carbocycles. The van der Waals surface area contributed by atoms with Gasteiger partial charge in [0.05, 0.1) is 18.3 Å². The molecule has 6 nitrogen and oxygen atoms in total. The minimum absolute atomic E-state index is 0.146. The Morgan fingerprint density at radius 1 is 0.950 bits per heavy atom. The molecule has 0 aliphatic carbocycles. The Morgan fingerprint density at radius 3 is 2.40 bits per heavy atom. The molecule has 40 heavy (non-hydrogen) atoms. The minimum Gasteiger partial charge on any atom is -0.462 e. The minimum atomic E-state index is -0.472. The van der Waals surface area contributed by atoms with Crippen molar-refractivity contribution in [2.75, 3.05) is 17.2 Å². The molecule has 0 radical (unpaired) electrons. The highest BCUT2D eigenvalue weighted by Gasteiger charge is 2.25. The lowest BCUT2D eigenvalue weighted by molar-refractivity contribution is -0.116. The molecule has 3 aromatic carbocycles. The summed E-state index contributed by atoms with van der Waals surface area (Å²) in [5, 5.41) is 8.42. The second-order valence-corrected chi connectivity index (χ2v) is 11.4. The van der Waals surface area contributed by atoms with Crippen molar-refractivity contribution in [3.05, 3.63) is 100 Å². The summed E-state index contributed by atoms with van der Waals surface area (Å²) in [5.74, 6) is -0.829. The lowest BCUT2D eigenvalue weighted by Crippen LogP contribution is -2.25. The molecule has 4 rings (SSSR count). The molecule has 206 valence electrons. The van der Waals surface area contributed by atoms with E-state index in [0.29, 0.717) is 27.7 Å². The van der Waals surface area contributed by atoms with Gasteiger partial charge in [-0.1, -0.05) is 67.1 Å². The Labute approximate surface area is 247 Å². The lowest BCUT2D eigenvalue weighted by atomic mass is 10.0. The van der Waals surface area contributed by atoms with Gasteiger partial charge in [0.1, 0.15) is 10.6 Å². The summed E-state index contributed by atoms with van der Waals surface area (Å²) < 4.78 is 5.31. The van der Waals surface area contributed by atoms with Crippen LogP contribution >= 0.6 is 34.7 Å². The predicted molar refractivity (Wildman–Crippen MR) is 165 cm³/mol. The summed E-state index contributed by atoms with van der Waals surface area (Å²) >= 11 is 8.63. The van der Waals surface area contributed by atoms with E-state index in [1.807, 2.05) is 79.0 Å². The Morgan fingerprint density at radius 2 is 1.70 bits per heavy atom. The Hall–Kier alpha value is -3.59. The molecule has 1 atom stereocenters. The van der Waals surface area contributed by atoms with Gasteiger partial charge in [-0.15, -0.1) is 23.1 Å². The van der Waals surface area contributed by atoms with Gasteiger partial charge >= 0.3 is 5.97 Å². The second-order valence-electron chi connectivity index (χ2n) is 8.82. The fourth-order valence-corrected chi connectivity index (χ4v) is 6.10. The van der Waals surface area contributed by atoms with Gasteiger partial charge in [-0.2, -0.15) is 0 Å². The van der Waals surface area contributed by atoms with E-state index in [0.717, 1.165) is 21.6 Å². The maximum absolute atomic E-state index is 13.4. The summed E-state index contributed by atoms with van der Waals surface area (Å²) in [7, 11) is 0. The number of carbonyl (C=O) groups is 3. The van der Waals surface area contributed by atoms with Crippen molar-refractivity contribution >= 4 is 63.2 Å². The summed E-state index contributed by atoms with van der Waals surface area (Å²) in [6, 6.07) is 24.1. The summed E-state index contributed by atoms with van der Waals surface area (Å²) in [4.78, 5) is 39.6. The normalized spacial score (nSPS) is 11.5. The van der Waals surface area contributed by atoms with Gasteiger partial charge in [-0.05, 0) is 54.8 Å². The van der Waals surface area contributed by atoms with E-state index in [4.69, 9.17) is 16.3 Å². The Balaban J connectivity index is 1.45. The first-order valence-corrected chi connectivity index (χ1v) is 15.0. The van der Waals surface area contributed by atoms with Gasteiger partial charge in [0, 0.05) is 26.5 Å². The molecule has 0 saturated heterocycles. The zero-order valence-corrected chi connectivity index (χ0v) is 24.5. The van der Waals surface area contributed by atoms with Crippen molar-refractivity contribution in [1.29, 1.82) is 0 Å². The molecule has 1 unspecified atom stereocenters. The number of hydrogen-bond donors (Lipinski definition) is 2. The predicted octanol–water partition coefficient (Wildman–Crippen LogP) is 7.94. The molecule has 0 fully saturated rings. The fourth-order valence-electron chi connectivity index (χ4n) is 4.00. The van der Waals surface area contributed by atoms with Crippen molar-refractivity contribution in [3.63, 3.8) is 0 Å². The summed E-state index contributed by atoms with van der Waals surface area (Å²) in [5.41, 5.74) is 3.47. The monoisotopic (exact) mass is 592 g/mol. The number of rotatable bonds is 11. The van der Waals surface area contributed by atoms with Crippen molar-refractivity contribution in [3.8, 4) is 11.1 Å². The highest BCUT2D eigenvalue weighted by atomic mass is 35.5. The van der Waals surface area contributed by atoms with Crippen LogP contribution in [0.1, 0.15) is 36.2 Å². The van der Waals surface area contributed by atoms with E-state index in [-0.39, 0.29) is 24.8 Å². The SMILES string of the molecule is CCOC(=O)c1c(-c2ccccc2)csc1NC(=O)C(CC)Sc1cccc(NC(=O)Cc2ccc(Cl)cc2)c1. The molecular weight excluding hydrogens is 564 g/mol. The third-order valence-electron chi connectivity index (χ3n) is 5.93. The van der Waals surface area contributed by atoms with Crippen LogP contribution in [0.25, 0.3) is 11.1 Å². The summed E-state index contributed by atoms with van der Waals surface area (Å²) in [6.07, 6.45) is 0.790. The van der Waals surface area contributed by atoms with Crippen LogP contribution < -0.4 is 10.6 Å². The number of hydrogen-bond acceptors (Lipinski definition) is 6. The molecule has 1 heterocycles. The lowest BCUT2D eigenvalue weighted by Gasteiger charge is -2.16. The Kier molecular flexibility index (Phi) is 10.4. The van der Waals surface area contributed by atoms with Gasteiger partial charge in [0.25, 0.3) is 0 Å². The van der Waals surface area contributed by atoms with Crippen LogP contribution in [0, 0.1) is 0 Å². The molecule has 9 heteroatoms. The number of esters is 1. The first kappa shape index (κ1) is 29.4. The zero-order chi connectivity index (χ0) is 28.5. The van der Waals surface area contributed by atoms with Gasteiger partial charge in [0.2, 0.25) is 11.8 Å². The largest absolute Gasteiger partial charge is 0.462 e. The highest BCUT2D eigenvalue weighted by Crippen LogP contribution is 2.37. The number of halogens is 1. The van der Waals surface area contributed by atoms with Gasteiger partial charge in [0.15, 0.2) is 0 Å². The molecule has 0 aliphatic heterocycles. The van der Waals surface area contributed by atoms with E-state index in [1.54, 1.807) is 19.1 Å². The standard InChI is InChI=1S/C31H29ClN2O4S2/c1-3-26(40-24-12-8-11-23(18-24)33-27(35)17-20-13-15-22(32)16-14-20)29(36)34-30-28(31(37)38-4-2)25(19-39-30)21-9-6-5-7-10-21/h5-16,18-19,26H,3-4,17H2,1-2H3,(H,33,35)(H,34,36). The zero-order valence-electron chi connectivity index (χ0n) is 22.1. The van der Waals surface area contributed by atoms with E-state index < -0.39 is 11.2 Å². The van der Waals surface area contributed by atoms with Crippen molar-refractivity contribution in [2.24, 2.45) is 0 Å². The second kappa shape index (κ2) is 14.2. The molecule has 2 amide bonds. The Bertz CT molecular complexity index is 1470. The maximum Gasteiger partial charge on any atom is 0.341 e. The third kappa shape index (κ3) is 7.75. The van der Waals surface area contributed by atoms with Gasteiger partial charge in [-0.25, -0.2) is 4.79 Å². The molecule has 2 N–H and O–H groups in total. The van der Waals surface area contributed by atoms with Crippen LogP contribution in [0.2, 0.25) is 5.02 Å². The van der Waals surface area contributed by atoms with Crippen molar-refractivity contribution in [1.82, 2.24) is 0 Å². The van der Waals surface area contributed by atoms with E-state index in [1.165, 1.54) is 23.1 Å². The van der Waals surface area contributed by atoms with Crippen molar-refractivity contribution in [2.45, 2.75) is 36.8 Å². The molecule has 4 aromatic rings. The number of carbonyl (C=O) groups excluding carboxylic acids is 3. The van der Waals surface area contributed by atoms with Crippen LogP contribution in [0.3, 0.4) is 0 Å². The number of ether oxygens (including phenoxy) is 1. The van der Waals surface area contributed by atoms with E-state index in [9.17, 15) is 14.4 Å². The number of amides is 2. The molecule has 0 spiro atoms. The first-order valence-electron chi connectivity index (χ1n) is 12.8. The van der Waals surface area contributed by atoms with Gasteiger partial charge < -0.3 is 15.4 Å². The van der Waals surface area contributed by atoms with Crippen molar-refractivity contribution < 1.29 is 19.1 Å². The maximum atomic E-state index is 13.4. The number of anilines is 2. The van der Waals surface area contributed by atoms with E-state index in [2.05, 4.69) is 10.6 Å². The molecule has 0 aliphatic rings. The third-order valence-corrected chi connectivity index (χ3v) is 8.43. The molecular formula is C31H29ClN2O4S2. The quantitative estimate of drug-likeness (QED) is 0.136. The van der Waals surface area contributed by atoms with Crippen LogP contribution in [0.15, 0.2) is 89.1 Å². The van der Waals surface area contributed by atoms with Gasteiger partial charge in [-0.3, -0.25) is 9.59 Å².